The van der Waals surface area contributed by atoms with E-state index < -0.39 is 11.8 Å². The van der Waals surface area contributed by atoms with Crippen molar-refractivity contribution in [3.05, 3.63) is 78.1 Å². The van der Waals surface area contributed by atoms with Crippen molar-refractivity contribution in [2.75, 3.05) is 5.32 Å². The molecule has 0 atom stereocenters. The van der Waals surface area contributed by atoms with E-state index in [9.17, 15) is 9.59 Å². The number of nitrogens with zero attached hydrogens (tertiary/aromatic N) is 2. The van der Waals surface area contributed by atoms with E-state index in [0.717, 1.165) is 83.2 Å². The Bertz CT molecular complexity index is 1720. The van der Waals surface area contributed by atoms with Gasteiger partial charge in [-0.25, -0.2) is 9.78 Å². The van der Waals surface area contributed by atoms with E-state index in [2.05, 4.69) is 47.1 Å². The lowest BCUT2D eigenvalue weighted by Crippen LogP contribution is -2.30. The number of carbonyl (C=O) groups excluding carboxylic acids is 2. The van der Waals surface area contributed by atoms with Gasteiger partial charge in [-0.3, -0.25) is 4.79 Å². The van der Waals surface area contributed by atoms with Gasteiger partial charge in [0, 0.05) is 30.1 Å². The molecule has 2 fully saturated rings. The third kappa shape index (κ3) is 8.92. The number of unbranched alkanes of at least 4 members (excludes halogenated alkanes) is 1. The molecule has 0 spiro atoms. The highest BCUT2D eigenvalue weighted by Gasteiger charge is 2.31. The second kappa shape index (κ2) is 15.6. The Kier molecular flexibility index (Phi) is 11.1. The molecule has 49 heavy (non-hydrogen) atoms. The summed E-state index contributed by atoms with van der Waals surface area (Å²) in [6.45, 7) is 8.31. The van der Waals surface area contributed by atoms with Crippen LogP contribution in [0.5, 0.6) is 5.75 Å². The number of amides is 1. The van der Waals surface area contributed by atoms with E-state index in [-0.39, 0.29) is 11.8 Å². The average Bonchev–Trinajstić information content (AvgIpc) is 3.43. The number of carbonyl (C=O) groups is 2. The topological polar surface area (TPSA) is 82.5 Å². The molecule has 2 aliphatic carbocycles. The molecule has 1 N–H and O–H groups in total. The number of nitrogens with one attached hydrogen (secondary N) is 1. The van der Waals surface area contributed by atoms with Crippen molar-refractivity contribution in [2.24, 2.45) is 17.8 Å². The maximum absolute atomic E-state index is 13.4. The highest BCUT2D eigenvalue weighted by molar-refractivity contribution is 5.94. The SMILES string of the molecule is CCCCc1nc2ccc(NC(=O)C3CCC(C4CCCCC4)CC3)cc2n1Cc1ccc(-c2ccccc2OC(=O)OC(C)(C)C)cc1. The monoisotopic (exact) mass is 663 g/mol. The molecule has 0 bridgehead atoms. The Morgan fingerprint density at radius 3 is 2.31 bits per heavy atom. The van der Waals surface area contributed by atoms with Gasteiger partial charge < -0.3 is 19.4 Å². The Hall–Kier alpha value is -4.13. The number of aromatic nitrogens is 2. The number of anilines is 1. The first kappa shape index (κ1) is 34.7. The molecule has 4 aromatic rings. The molecular formula is C42H53N3O4. The first-order chi connectivity index (χ1) is 23.7. The van der Waals surface area contributed by atoms with Crippen molar-refractivity contribution in [1.82, 2.24) is 9.55 Å². The predicted octanol–water partition coefficient (Wildman–Crippen LogP) is 10.7. The van der Waals surface area contributed by atoms with Gasteiger partial charge >= 0.3 is 6.16 Å². The number of hydrogen-bond donors (Lipinski definition) is 1. The quantitative estimate of drug-likeness (QED) is 0.135. The fourth-order valence-electron chi connectivity index (χ4n) is 7.78. The second-order valence-electron chi connectivity index (χ2n) is 15.2. The van der Waals surface area contributed by atoms with Crippen LogP contribution in [0.2, 0.25) is 0 Å². The summed E-state index contributed by atoms with van der Waals surface area (Å²) in [6.07, 6.45) is 13.6. The van der Waals surface area contributed by atoms with E-state index in [0.29, 0.717) is 12.3 Å². The van der Waals surface area contributed by atoms with Gasteiger partial charge in [0.15, 0.2) is 0 Å². The van der Waals surface area contributed by atoms with Gasteiger partial charge in [0.1, 0.15) is 17.2 Å². The molecule has 1 amide bonds. The minimum absolute atomic E-state index is 0.0961. The number of ether oxygens (including phenoxy) is 2. The van der Waals surface area contributed by atoms with Crippen molar-refractivity contribution >= 4 is 28.8 Å². The van der Waals surface area contributed by atoms with Crippen LogP contribution in [0.15, 0.2) is 66.7 Å². The van der Waals surface area contributed by atoms with Crippen molar-refractivity contribution in [3.8, 4) is 16.9 Å². The molecular weight excluding hydrogens is 610 g/mol. The second-order valence-corrected chi connectivity index (χ2v) is 15.2. The number of benzene rings is 3. The molecule has 7 heteroatoms. The summed E-state index contributed by atoms with van der Waals surface area (Å²) < 4.78 is 13.3. The van der Waals surface area contributed by atoms with E-state index in [1.165, 1.54) is 44.9 Å². The molecule has 6 rings (SSSR count). The van der Waals surface area contributed by atoms with Crippen molar-refractivity contribution < 1.29 is 19.1 Å². The molecule has 3 aromatic carbocycles. The lowest BCUT2D eigenvalue weighted by Gasteiger charge is -2.35. The van der Waals surface area contributed by atoms with Crippen LogP contribution in [-0.4, -0.2) is 27.2 Å². The Morgan fingerprint density at radius 2 is 1.59 bits per heavy atom. The van der Waals surface area contributed by atoms with Crippen LogP contribution >= 0.6 is 0 Å². The smallest absolute Gasteiger partial charge is 0.428 e. The van der Waals surface area contributed by atoms with Crippen LogP contribution in [0.25, 0.3) is 22.2 Å². The lowest BCUT2D eigenvalue weighted by atomic mass is 9.71. The van der Waals surface area contributed by atoms with Gasteiger partial charge in [0.25, 0.3) is 0 Å². The predicted molar refractivity (Wildman–Crippen MR) is 197 cm³/mol. The maximum atomic E-state index is 13.4. The van der Waals surface area contributed by atoms with Crippen molar-refractivity contribution in [1.29, 1.82) is 0 Å². The average molecular weight is 664 g/mol. The highest BCUT2D eigenvalue weighted by atomic mass is 16.7. The van der Waals surface area contributed by atoms with Gasteiger partial charge in [-0.2, -0.15) is 0 Å². The van der Waals surface area contributed by atoms with Crippen LogP contribution in [-0.2, 0) is 22.5 Å². The van der Waals surface area contributed by atoms with Crippen LogP contribution in [0, 0.1) is 17.8 Å². The number of para-hydroxylation sites is 1. The third-order valence-corrected chi connectivity index (χ3v) is 10.4. The standard InChI is InChI=1S/C42H53N3O4/c1-5-6-16-39-44-36-26-25-34(43-40(46)33-23-21-31(22-24-33)30-12-8-7-9-13-30)27-37(36)45(39)28-29-17-19-32(20-18-29)35-14-10-11-15-38(35)48-41(47)49-42(2,3)4/h10-11,14-15,17-20,25-27,30-31,33H,5-9,12-13,16,21-24,28H2,1-4H3,(H,43,46). The van der Waals surface area contributed by atoms with E-state index in [1.807, 2.05) is 51.1 Å². The fourth-order valence-corrected chi connectivity index (χ4v) is 7.78. The lowest BCUT2D eigenvalue weighted by molar-refractivity contribution is -0.121. The van der Waals surface area contributed by atoms with Crippen LogP contribution in [0.1, 0.15) is 110 Å². The molecule has 2 aliphatic rings. The highest BCUT2D eigenvalue weighted by Crippen LogP contribution is 2.40. The summed E-state index contributed by atoms with van der Waals surface area (Å²) in [5.74, 6) is 3.46. The molecule has 260 valence electrons. The molecule has 1 aromatic heterocycles. The molecule has 7 nitrogen and oxygen atoms in total. The largest absolute Gasteiger partial charge is 0.514 e. The fraction of sp³-hybridized carbons (Fsp3) is 0.500. The number of fused-ring (bicyclic) bond motifs is 1. The minimum Gasteiger partial charge on any atom is -0.428 e. The zero-order valence-electron chi connectivity index (χ0n) is 29.8. The van der Waals surface area contributed by atoms with Crippen molar-refractivity contribution in [2.45, 2.75) is 117 Å². The number of imidazole rings is 1. The van der Waals surface area contributed by atoms with Crippen molar-refractivity contribution in [3.63, 3.8) is 0 Å². The molecule has 1 heterocycles. The Morgan fingerprint density at radius 1 is 0.878 bits per heavy atom. The van der Waals surface area contributed by atoms with Gasteiger partial charge in [0.2, 0.25) is 5.91 Å². The first-order valence-corrected chi connectivity index (χ1v) is 18.6. The third-order valence-electron chi connectivity index (χ3n) is 10.4. The molecule has 0 saturated heterocycles. The summed E-state index contributed by atoms with van der Waals surface area (Å²) in [6, 6.07) is 22.0. The molecule has 2 saturated carbocycles. The normalized spacial score (nSPS) is 18.7. The summed E-state index contributed by atoms with van der Waals surface area (Å²) in [5, 5.41) is 3.27. The first-order valence-electron chi connectivity index (χ1n) is 18.6. The van der Waals surface area contributed by atoms with Gasteiger partial charge in [0.05, 0.1) is 11.0 Å². The van der Waals surface area contributed by atoms with E-state index >= 15 is 0 Å². The summed E-state index contributed by atoms with van der Waals surface area (Å²) >= 11 is 0. The number of hydrogen-bond acceptors (Lipinski definition) is 5. The molecule has 0 aliphatic heterocycles. The van der Waals surface area contributed by atoms with Gasteiger partial charge in [-0.1, -0.05) is 87.9 Å². The van der Waals surface area contributed by atoms with E-state index in [1.54, 1.807) is 6.07 Å². The van der Waals surface area contributed by atoms with Gasteiger partial charge in [-0.15, -0.1) is 0 Å². The van der Waals surface area contributed by atoms with Gasteiger partial charge in [-0.05, 0) is 100 Å². The molecule has 0 radical (unpaired) electrons. The number of rotatable bonds is 10. The molecule has 0 unspecified atom stereocenters. The summed E-state index contributed by atoms with van der Waals surface area (Å²) in [7, 11) is 0. The van der Waals surface area contributed by atoms with Crippen LogP contribution < -0.4 is 10.1 Å². The minimum atomic E-state index is -0.722. The van der Waals surface area contributed by atoms with E-state index in [4.69, 9.17) is 14.5 Å². The maximum Gasteiger partial charge on any atom is 0.514 e. The Labute approximate surface area is 291 Å². The number of aryl methyl sites for hydroxylation is 1. The van der Waals surface area contributed by atoms with Crippen LogP contribution in [0.3, 0.4) is 0 Å². The summed E-state index contributed by atoms with van der Waals surface area (Å²) in [5.41, 5.74) is 5.08. The summed E-state index contributed by atoms with van der Waals surface area (Å²) in [4.78, 5) is 30.9. The zero-order valence-corrected chi connectivity index (χ0v) is 29.8. The van der Waals surface area contributed by atoms with Crippen LogP contribution in [0.4, 0.5) is 10.5 Å². The Balaban J connectivity index is 1.16. The zero-order chi connectivity index (χ0) is 34.4.